The third-order valence-corrected chi connectivity index (χ3v) is 4.65. The molecule has 0 saturated heterocycles. The van der Waals surface area contributed by atoms with Gasteiger partial charge in [0.25, 0.3) is 5.69 Å². The number of nitrogens with one attached hydrogen (secondary N) is 1. The Balaban J connectivity index is 1.99. The van der Waals surface area contributed by atoms with Gasteiger partial charge in [0.1, 0.15) is 5.65 Å². The molecule has 0 aliphatic heterocycles. The summed E-state index contributed by atoms with van der Waals surface area (Å²) in [4.78, 5) is 27.6. The topological polar surface area (TPSA) is 89.5 Å². The van der Waals surface area contributed by atoms with Gasteiger partial charge >= 0.3 is 0 Å². The highest BCUT2D eigenvalue weighted by molar-refractivity contribution is 5.76. The molecule has 1 N–H and O–H groups in total. The SMILES string of the molecule is CC(=O)NC(c1ccccc1)c1c(-c2cccc([N+](=O)[O-])c2)nc2ccccn12. The van der Waals surface area contributed by atoms with Crippen LogP contribution < -0.4 is 5.32 Å². The average molecular weight is 386 g/mol. The number of nitro benzene ring substituents is 1. The molecule has 1 atom stereocenters. The number of carbonyl (C=O) groups excluding carboxylic acids is 1. The van der Waals surface area contributed by atoms with Crippen molar-refractivity contribution in [2.24, 2.45) is 0 Å². The van der Waals surface area contributed by atoms with Crippen LogP contribution in [0.4, 0.5) is 5.69 Å². The smallest absolute Gasteiger partial charge is 0.270 e. The van der Waals surface area contributed by atoms with E-state index in [2.05, 4.69) is 5.32 Å². The lowest BCUT2D eigenvalue weighted by molar-refractivity contribution is -0.384. The number of hydrogen-bond acceptors (Lipinski definition) is 4. The molecule has 4 rings (SSSR count). The highest BCUT2D eigenvalue weighted by Gasteiger charge is 2.25. The molecule has 4 aromatic rings. The highest BCUT2D eigenvalue weighted by Crippen LogP contribution is 2.34. The fraction of sp³-hybridized carbons (Fsp3) is 0.0909. The first kappa shape index (κ1) is 18.4. The largest absolute Gasteiger partial charge is 0.344 e. The van der Waals surface area contributed by atoms with Crippen LogP contribution in [0, 0.1) is 10.1 Å². The Labute approximate surface area is 166 Å². The third-order valence-electron chi connectivity index (χ3n) is 4.65. The predicted molar refractivity (Wildman–Crippen MR) is 109 cm³/mol. The van der Waals surface area contributed by atoms with E-state index in [0.29, 0.717) is 16.9 Å². The first-order chi connectivity index (χ1) is 14.0. The van der Waals surface area contributed by atoms with Crippen LogP contribution in [0.25, 0.3) is 16.9 Å². The Morgan fingerprint density at radius 3 is 2.55 bits per heavy atom. The van der Waals surface area contributed by atoms with Crippen LogP contribution in [0.1, 0.15) is 24.2 Å². The van der Waals surface area contributed by atoms with E-state index in [9.17, 15) is 14.9 Å². The van der Waals surface area contributed by atoms with Crippen molar-refractivity contribution in [3.63, 3.8) is 0 Å². The zero-order chi connectivity index (χ0) is 20.4. The number of benzene rings is 2. The van der Waals surface area contributed by atoms with E-state index in [1.54, 1.807) is 12.1 Å². The molecule has 1 unspecified atom stereocenters. The molecular weight excluding hydrogens is 368 g/mol. The summed E-state index contributed by atoms with van der Waals surface area (Å²) in [5.74, 6) is -0.185. The Kier molecular flexibility index (Phi) is 4.78. The molecule has 0 radical (unpaired) electrons. The van der Waals surface area contributed by atoms with Gasteiger partial charge in [0.05, 0.1) is 22.4 Å². The number of non-ortho nitro benzene ring substituents is 1. The third kappa shape index (κ3) is 3.58. The molecule has 0 saturated carbocycles. The van der Waals surface area contributed by atoms with Crippen molar-refractivity contribution in [3.05, 3.63) is 100 Å². The van der Waals surface area contributed by atoms with Gasteiger partial charge < -0.3 is 9.72 Å². The summed E-state index contributed by atoms with van der Waals surface area (Å²) in [6, 6.07) is 21.1. The summed E-state index contributed by atoms with van der Waals surface area (Å²) in [6.07, 6.45) is 1.87. The maximum Gasteiger partial charge on any atom is 0.270 e. The van der Waals surface area contributed by atoms with E-state index in [-0.39, 0.29) is 11.6 Å². The van der Waals surface area contributed by atoms with Crippen molar-refractivity contribution in [3.8, 4) is 11.3 Å². The molecule has 0 fully saturated rings. The number of hydrogen-bond donors (Lipinski definition) is 1. The van der Waals surface area contributed by atoms with Gasteiger partial charge in [-0.25, -0.2) is 4.98 Å². The van der Waals surface area contributed by atoms with Gasteiger partial charge in [0, 0.05) is 30.8 Å². The van der Waals surface area contributed by atoms with Gasteiger partial charge in [-0.2, -0.15) is 0 Å². The number of imidazole rings is 1. The second kappa shape index (κ2) is 7.55. The molecule has 144 valence electrons. The average Bonchev–Trinajstić information content (AvgIpc) is 3.12. The number of pyridine rings is 1. The van der Waals surface area contributed by atoms with E-state index < -0.39 is 11.0 Å². The predicted octanol–water partition coefficient (Wildman–Crippen LogP) is 4.14. The van der Waals surface area contributed by atoms with Gasteiger partial charge in [-0.1, -0.05) is 48.5 Å². The lowest BCUT2D eigenvalue weighted by Gasteiger charge is -2.20. The van der Waals surface area contributed by atoms with Crippen molar-refractivity contribution in [2.75, 3.05) is 0 Å². The number of carbonyl (C=O) groups is 1. The van der Waals surface area contributed by atoms with Crippen molar-refractivity contribution in [1.29, 1.82) is 0 Å². The maximum absolute atomic E-state index is 12.0. The summed E-state index contributed by atoms with van der Waals surface area (Å²) < 4.78 is 1.90. The number of aromatic nitrogens is 2. The number of nitro groups is 1. The summed E-state index contributed by atoms with van der Waals surface area (Å²) in [5.41, 5.74) is 3.51. The molecule has 7 nitrogen and oxygen atoms in total. The molecule has 0 aliphatic rings. The minimum Gasteiger partial charge on any atom is -0.344 e. The van der Waals surface area contributed by atoms with Gasteiger partial charge in [-0.15, -0.1) is 0 Å². The normalized spacial score (nSPS) is 11.9. The Morgan fingerprint density at radius 1 is 1.07 bits per heavy atom. The number of rotatable bonds is 5. The molecule has 29 heavy (non-hydrogen) atoms. The van der Waals surface area contributed by atoms with Crippen LogP contribution in [0.3, 0.4) is 0 Å². The molecule has 0 bridgehead atoms. The minimum atomic E-state index is -0.472. The lowest BCUT2D eigenvalue weighted by Crippen LogP contribution is -2.28. The number of amides is 1. The van der Waals surface area contributed by atoms with Crippen LogP contribution in [0.5, 0.6) is 0 Å². The van der Waals surface area contributed by atoms with E-state index in [1.807, 2.05) is 59.1 Å². The first-order valence-corrected chi connectivity index (χ1v) is 9.08. The standard InChI is InChI=1S/C22H18N4O3/c1-15(27)23-20(16-8-3-2-4-9-16)22-21(24-19-12-5-6-13-25(19)22)17-10-7-11-18(14-17)26(28)29/h2-14,20H,1H3,(H,23,27). The van der Waals surface area contributed by atoms with Crippen molar-refractivity contribution in [2.45, 2.75) is 13.0 Å². The molecule has 0 spiro atoms. The fourth-order valence-electron chi connectivity index (χ4n) is 3.43. The van der Waals surface area contributed by atoms with Crippen LogP contribution >= 0.6 is 0 Å². The van der Waals surface area contributed by atoms with Crippen LogP contribution in [-0.2, 0) is 4.79 Å². The molecule has 2 aromatic carbocycles. The lowest BCUT2D eigenvalue weighted by atomic mass is 9.99. The second-order valence-electron chi connectivity index (χ2n) is 6.63. The summed E-state index contributed by atoms with van der Waals surface area (Å²) in [7, 11) is 0. The molecule has 7 heteroatoms. The zero-order valence-corrected chi connectivity index (χ0v) is 15.6. The zero-order valence-electron chi connectivity index (χ0n) is 15.6. The maximum atomic E-state index is 12.0. The van der Waals surface area contributed by atoms with Gasteiger partial charge in [0.2, 0.25) is 5.91 Å². The quantitative estimate of drug-likeness (QED) is 0.412. The van der Waals surface area contributed by atoms with Crippen molar-refractivity contribution in [1.82, 2.24) is 14.7 Å². The Hall–Kier alpha value is -4.00. The van der Waals surface area contributed by atoms with Crippen molar-refractivity contribution >= 4 is 17.2 Å². The van der Waals surface area contributed by atoms with Crippen molar-refractivity contribution < 1.29 is 9.72 Å². The van der Waals surface area contributed by atoms with Gasteiger partial charge in [-0.05, 0) is 17.7 Å². The van der Waals surface area contributed by atoms with Crippen LogP contribution in [0.2, 0.25) is 0 Å². The first-order valence-electron chi connectivity index (χ1n) is 9.08. The van der Waals surface area contributed by atoms with E-state index in [4.69, 9.17) is 4.98 Å². The summed E-state index contributed by atoms with van der Waals surface area (Å²) >= 11 is 0. The Bertz CT molecular complexity index is 1200. The van der Waals surface area contributed by atoms with E-state index in [0.717, 1.165) is 11.3 Å². The summed E-state index contributed by atoms with van der Waals surface area (Å²) in [5, 5.41) is 14.3. The second-order valence-corrected chi connectivity index (χ2v) is 6.63. The molecule has 1 amide bonds. The Morgan fingerprint density at radius 2 is 1.83 bits per heavy atom. The summed E-state index contributed by atoms with van der Waals surface area (Å²) in [6.45, 7) is 1.46. The van der Waals surface area contributed by atoms with E-state index in [1.165, 1.54) is 19.1 Å². The number of nitrogens with zero attached hydrogens (tertiary/aromatic N) is 3. The molecule has 2 heterocycles. The molecular formula is C22H18N4O3. The van der Waals surface area contributed by atoms with Gasteiger partial charge in [0.15, 0.2) is 0 Å². The number of fused-ring (bicyclic) bond motifs is 1. The molecule has 0 aliphatic carbocycles. The minimum absolute atomic E-state index is 0.0127. The van der Waals surface area contributed by atoms with Crippen LogP contribution in [0.15, 0.2) is 79.0 Å². The van der Waals surface area contributed by atoms with Gasteiger partial charge in [-0.3, -0.25) is 14.9 Å². The van der Waals surface area contributed by atoms with Crippen LogP contribution in [-0.4, -0.2) is 20.2 Å². The molecule has 2 aromatic heterocycles. The fourth-order valence-corrected chi connectivity index (χ4v) is 3.43. The highest BCUT2D eigenvalue weighted by atomic mass is 16.6. The van der Waals surface area contributed by atoms with E-state index >= 15 is 0 Å². The monoisotopic (exact) mass is 386 g/mol.